The molecule has 2 amide bonds. The van der Waals surface area contributed by atoms with Crippen molar-refractivity contribution in [1.29, 1.82) is 0 Å². The van der Waals surface area contributed by atoms with Gasteiger partial charge in [-0.3, -0.25) is 9.59 Å². The molecule has 0 unspecified atom stereocenters. The SMILES string of the molecule is O=C1CCN(C(=O)N2CCC(=O)CC2)CC1. The summed E-state index contributed by atoms with van der Waals surface area (Å²) in [5, 5.41) is 0. The highest BCUT2D eigenvalue weighted by molar-refractivity contribution is 5.85. The fourth-order valence-electron chi connectivity index (χ4n) is 2.09. The third-order valence-corrected chi connectivity index (χ3v) is 3.18. The summed E-state index contributed by atoms with van der Waals surface area (Å²) in [5.74, 6) is 0.468. The fourth-order valence-corrected chi connectivity index (χ4v) is 2.09. The van der Waals surface area contributed by atoms with Crippen molar-refractivity contribution in [3.63, 3.8) is 0 Å². The highest BCUT2D eigenvalue weighted by atomic mass is 16.2. The number of rotatable bonds is 0. The minimum absolute atomic E-state index is 0.0139. The molecule has 0 aromatic rings. The number of ketones is 2. The van der Waals surface area contributed by atoms with Gasteiger partial charge in [0.2, 0.25) is 0 Å². The molecule has 0 bridgehead atoms. The molecule has 2 aliphatic heterocycles. The lowest BCUT2D eigenvalue weighted by molar-refractivity contribution is -0.121. The Labute approximate surface area is 94.4 Å². The number of carbonyl (C=O) groups excluding carboxylic acids is 3. The van der Waals surface area contributed by atoms with Gasteiger partial charge in [0.1, 0.15) is 11.6 Å². The summed E-state index contributed by atoms with van der Waals surface area (Å²) in [5.41, 5.74) is 0. The van der Waals surface area contributed by atoms with Crippen LogP contribution in [0.15, 0.2) is 0 Å². The lowest BCUT2D eigenvalue weighted by Gasteiger charge is -2.34. The zero-order valence-electron chi connectivity index (χ0n) is 9.28. The molecule has 5 heteroatoms. The van der Waals surface area contributed by atoms with Gasteiger partial charge >= 0.3 is 6.03 Å². The van der Waals surface area contributed by atoms with E-state index in [1.54, 1.807) is 9.80 Å². The van der Waals surface area contributed by atoms with Crippen LogP contribution in [0.1, 0.15) is 25.7 Å². The van der Waals surface area contributed by atoms with Crippen LogP contribution >= 0.6 is 0 Å². The van der Waals surface area contributed by atoms with Crippen molar-refractivity contribution >= 4 is 17.6 Å². The Morgan fingerprint density at radius 2 is 1.06 bits per heavy atom. The Bertz CT molecular complexity index is 277. The molecule has 0 atom stereocenters. The number of hydrogen-bond donors (Lipinski definition) is 0. The molecule has 5 nitrogen and oxygen atoms in total. The number of piperidine rings is 2. The maximum Gasteiger partial charge on any atom is 0.320 e. The minimum Gasteiger partial charge on any atom is -0.324 e. The first kappa shape index (κ1) is 11.1. The summed E-state index contributed by atoms with van der Waals surface area (Å²) in [7, 11) is 0. The molecule has 0 N–H and O–H groups in total. The minimum atomic E-state index is -0.0139. The number of hydrogen-bond acceptors (Lipinski definition) is 3. The van der Waals surface area contributed by atoms with Gasteiger partial charge in [-0.15, -0.1) is 0 Å². The summed E-state index contributed by atoms with van der Waals surface area (Å²) in [6.45, 7) is 2.12. The van der Waals surface area contributed by atoms with Crippen molar-refractivity contribution < 1.29 is 14.4 Å². The molecule has 0 aromatic heterocycles. The molecule has 0 aromatic carbocycles. The molecule has 0 saturated carbocycles. The van der Waals surface area contributed by atoms with Crippen LogP contribution in [-0.4, -0.2) is 53.6 Å². The molecule has 2 heterocycles. The molecule has 2 rings (SSSR count). The maximum atomic E-state index is 12.0. The average molecular weight is 224 g/mol. The summed E-state index contributed by atoms with van der Waals surface area (Å²) in [6, 6.07) is -0.0139. The lowest BCUT2D eigenvalue weighted by atomic mass is 10.1. The lowest BCUT2D eigenvalue weighted by Crippen LogP contribution is -2.49. The predicted octanol–water partition coefficient (Wildman–Crippen LogP) is 0.436. The topological polar surface area (TPSA) is 57.7 Å². The van der Waals surface area contributed by atoms with Gasteiger partial charge in [0, 0.05) is 51.9 Å². The number of likely N-dealkylation sites (tertiary alicyclic amines) is 2. The number of urea groups is 1. The molecule has 16 heavy (non-hydrogen) atoms. The summed E-state index contributed by atoms with van der Waals surface area (Å²) in [4.78, 5) is 37.5. The third kappa shape index (κ3) is 2.40. The van der Waals surface area contributed by atoms with E-state index < -0.39 is 0 Å². The van der Waals surface area contributed by atoms with Gasteiger partial charge in [0.15, 0.2) is 0 Å². The number of nitrogens with zero attached hydrogens (tertiary/aromatic N) is 2. The van der Waals surface area contributed by atoms with Crippen molar-refractivity contribution in [3.05, 3.63) is 0 Å². The highest BCUT2D eigenvalue weighted by Crippen LogP contribution is 2.12. The van der Waals surface area contributed by atoms with Gasteiger partial charge in [0.05, 0.1) is 0 Å². The Morgan fingerprint density at radius 3 is 1.38 bits per heavy atom. The molecule has 2 saturated heterocycles. The van der Waals surface area contributed by atoms with E-state index in [0.29, 0.717) is 51.9 Å². The quantitative estimate of drug-likeness (QED) is 0.599. The van der Waals surface area contributed by atoms with Crippen molar-refractivity contribution in [2.75, 3.05) is 26.2 Å². The van der Waals surface area contributed by atoms with Crippen LogP contribution in [0.4, 0.5) is 4.79 Å². The van der Waals surface area contributed by atoms with Crippen LogP contribution in [0.2, 0.25) is 0 Å². The smallest absolute Gasteiger partial charge is 0.320 e. The van der Waals surface area contributed by atoms with Gasteiger partial charge in [-0.25, -0.2) is 4.79 Å². The number of Topliss-reactive ketones (excluding diaryl/α,β-unsaturated/α-hetero) is 2. The monoisotopic (exact) mass is 224 g/mol. The Morgan fingerprint density at radius 1 is 0.750 bits per heavy atom. The summed E-state index contributed by atoms with van der Waals surface area (Å²) < 4.78 is 0. The van der Waals surface area contributed by atoms with Crippen molar-refractivity contribution in [3.8, 4) is 0 Å². The second-order valence-corrected chi connectivity index (χ2v) is 4.33. The van der Waals surface area contributed by atoms with E-state index in [-0.39, 0.29) is 17.6 Å². The second-order valence-electron chi connectivity index (χ2n) is 4.33. The predicted molar refractivity (Wildman–Crippen MR) is 57.0 cm³/mol. The largest absolute Gasteiger partial charge is 0.324 e. The zero-order chi connectivity index (χ0) is 11.5. The van der Waals surface area contributed by atoms with E-state index in [1.165, 1.54) is 0 Å². The third-order valence-electron chi connectivity index (χ3n) is 3.18. The zero-order valence-corrected chi connectivity index (χ0v) is 9.28. The molecule has 0 spiro atoms. The number of amides is 2. The molecule has 0 aliphatic carbocycles. The van der Waals surface area contributed by atoms with Crippen LogP contribution < -0.4 is 0 Å². The van der Waals surface area contributed by atoms with Gasteiger partial charge in [-0.05, 0) is 0 Å². The van der Waals surface area contributed by atoms with Crippen LogP contribution in [0, 0.1) is 0 Å². The van der Waals surface area contributed by atoms with Gasteiger partial charge in [0.25, 0.3) is 0 Å². The van der Waals surface area contributed by atoms with Crippen LogP contribution in [0.25, 0.3) is 0 Å². The molecule has 2 aliphatic rings. The Balaban J connectivity index is 1.87. The summed E-state index contributed by atoms with van der Waals surface area (Å²) >= 11 is 0. The molecular weight excluding hydrogens is 208 g/mol. The van der Waals surface area contributed by atoms with Gasteiger partial charge in [-0.2, -0.15) is 0 Å². The van der Waals surface area contributed by atoms with E-state index in [2.05, 4.69) is 0 Å². The van der Waals surface area contributed by atoms with E-state index in [9.17, 15) is 14.4 Å². The molecule has 2 fully saturated rings. The molecule has 88 valence electrons. The van der Waals surface area contributed by atoms with Crippen LogP contribution in [0.3, 0.4) is 0 Å². The molecule has 0 radical (unpaired) electrons. The number of carbonyl (C=O) groups is 3. The van der Waals surface area contributed by atoms with Crippen LogP contribution in [0.5, 0.6) is 0 Å². The van der Waals surface area contributed by atoms with Crippen molar-refractivity contribution in [1.82, 2.24) is 9.80 Å². The molecular formula is C11H16N2O3. The van der Waals surface area contributed by atoms with Crippen molar-refractivity contribution in [2.24, 2.45) is 0 Å². The first-order valence-corrected chi connectivity index (χ1v) is 5.74. The normalized spacial score (nSPS) is 22.5. The van der Waals surface area contributed by atoms with E-state index in [0.717, 1.165) is 0 Å². The van der Waals surface area contributed by atoms with E-state index >= 15 is 0 Å². The Kier molecular flexibility index (Phi) is 3.22. The fraction of sp³-hybridized carbons (Fsp3) is 0.727. The van der Waals surface area contributed by atoms with E-state index in [1.807, 2.05) is 0 Å². The first-order chi connectivity index (χ1) is 7.66. The van der Waals surface area contributed by atoms with Crippen LogP contribution in [-0.2, 0) is 9.59 Å². The van der Waals surface area contributed by atoms with E-state index in [4.69, 9.17) is 0 Å². The van der Waals surface area contributed by atoms with Gasteiger partial charge in [-0.1, -0.05) is 0 Å². The van der Waals surface area contributed by atoms with Gasteiger partial charge < -0.3 is 9.80 Å². The average Bonchev–Trinajstić information content (AvgIpc) is 2.30. The van der Waals surface area contributed by atoms with Crippen molar-refractivity contribution in [2.45, 2.75) is 25.7 Å². The highest BCUT2D eigenvalue weighted by Gasteiger charge is 2.27. The summed E-state index contributed by atoms with van der Waals surface area (Å²) in [6.07, 6.45) is 1.88. The maximum absolute atomic E-state index is 12.0. The second kappa shape index (κ2) is 4.63. The first-order valence-electron chi connectivity index (χ1n) is 5.74. The standard InChI is InChI=1S/C11H16N2O3/c14-9-1-5-12(6-2-9)11(16)13-7-3-10(15)4-8-13/h1-8H2. The Hall–Kier alpha value is -1.39.